The number of ether oxygens (including phenoxy) is 1. The van der Waals surface area contributed by atoms with Crippen molar-refractivity contribution >= 4 is 28.5 Å². The van der Waals surface area contributed by atoms with Crippen molar-refractivity contribution in [2.45, 2.75) is 12.3 Å². The van der Waals surface area contributed by atoms with Gasteiger partial charge in [-0.15, -0.1) is 0 Å². The number of carbonyl (C=O) groups excluding carboxylic acids is 2. The molecule has 1 aliphatic heterocycles. The Morgan fingerprint density at radius 1 is 1.04 bits per heavy atom. The molecule has 27 heavy (non-hydrogen) atoms. The number of fused-ring (bicyclic) bond motifs is 1. The van der Waals surface area contributed by atoms with Crippen LogP contribution in [-0.2, 0) is 4.74 Å². The molecule has 2 N–H and O–H groups in total. The minimum atomic E-state index is -0.287. The zero-order chi connectivity index (χ0) is 18.8. The highest BCUT2D eigenvalue weighted by Crippen LogP contribution is 2.26. The molecule has 2 amide bonds. The molecule has 1 fully saturated rings. The summed E-state index contributed by atoms with van der Waals surface area (Å²) in [4.78, 5) is 24.2. The quantitative estimate of drug-likeness (QED) is 0.742. The highest BCUT2D eigenvalue weighted by Gasteiger charge is 2.18. The van der Waals surface area contributed by atoms with E-state index in [4.69, 9.17) is 9.15 Å². The smallest absolute Gasteiger partial charge is 0.286 e. The highest BCUT2D eigenvalue weighted by atomic mass is 16.5. The lowest BCUT2D eigenvalue weighted by Crippen LogP contribution is -2.16. The zero-order valence-corrected chi connectivity index (χ0v) is 15.0. The summed E-state index contributed by atoms with van der Waals surface area (Å²) >= 11 is 0. The second kappa shape index (κ2) is 7.25. The lowest BCUT2D eigenvalue weighted by molar-refractivity contribution is 0.0937. The summed E-state index contributed by atoms with van der Waals surface area (Å²) in [5.74, 6) is 0.186. The number of rotatable bonds is 4. The Balaban J connectivity index is 1.49. The lowest BCUT2D eigenvalue weighted by atomic mass is 9.97. The Hall–Kier alpha value is -3.12. The van der Waals surface area contributed by atoms with Crippen LogP contribution in [0.5, 0.6) is 0 Å². The number of nitrogens with one attached hydrogen (secondary N) is 2. The minimum Gasteiger partial charge on any atom is -0.451 e. The van der Waals surface area contributed by atoms with Crippen LogP contribution in [0.4, 0.5) is 5.69 Å². The summed E-state index contributed by atoms with van der Waals surface area (Å²) in [5, 5.41) is 6.16. The lowest BCUT2D eigenvalue weighted by Gasteiger charge is -2.09. The van der Waals surface area contributed by atoms with Crippen molar-refractivity contribution in [3.63, 3.8) is 0 Å². The number of furan rings is 1. The van der Waals surface area contributed by atoms with Crippen LogP contribution in [0.15, 0.2) is 52.9 Å². The third-order valence-electron chi connectivity index (χ3n) is 4.80. The third kappa shape index (κ3) is 3.57. The molecule has 4 rings (SSSR count). The molecule has 0 saturated carbocycles. The van der Waals surface area contributed by atoms with Crippen LogP contribution in [0.25, 0.3) is 11.0 Å². The van der Waals surface area contributed by atoms with E-state index in [0.29, 0.717) is 22.8 Å². The van der Waals surface area contributed by atoms with E-state index in [1.54, 1.807) is 31.3 Å². The third-order valence-corrected chi connectivity index (χ3v) is 4.80. The van der Waals surface area contributed by atoms with Crippen LogP contribution in [0.2, 0.25) is 0 Å². The molecule has 0 aliphatic carbocycles. The Labute approximate surface area is 156 Å². The molecule has 138 valence electrons. The molecule has 2 heterocycles. The van der Waals surface area contributed by atoms with Crippen molar-refractivity contribution in [2.24, 2.45) is 0 Å². The fraction of sp³-hybridized carbons (Fsp3) is 0.238. The highest BCUT2D eigenvalue weighted by molar-refractivity contribution is 6.05. The van der Waals surface area contributed by atoms with Gasteiger partial charge in [0.25, 0.3) is 11.8 Å². The molecular weight excluding hydrogens is 344 g/mol. The summed E-state index contributed by atoms with van der Waals surface area (Å²) in [7, 11) is 1.55. The average molecular weight is 364 g/mol. The van der Waals surface area contributed by atoms with Gasteiger partial charge in [-0.25, -0.2) is 0 Å². The maximum Gasteiger partial charge on any atom is 0.286 e. The van der Waals surface area contributed by atoms with Gasteiger partial charge in [-0.3, -0.25) is 9.59 Å². The molecule has 3 aromatic rings. The first kappa shape index (κ1) is 17.3. The summed E-state index contributed by atoms with van der Waals surface area (Å²) in [6.45, 7) is 1.54. The monoisotopic (exact) mass is 364 g/mol. The van der Waals surface area contributed by atoms with Crippen LogP contribution in [0, 0.1) is 0 Å². The van der Waals surface area contributed by atoms with Gasteiger partial charge in [0.2, 0.25) is 0 Å². The van der Waals surface area contributed by atoms with E-state index in [0.717, 1.165) is 25.0 Å². The first-order valence-corrected chi connectivity index (χ1v) is 8.89. The van der Waals surface area contributed by atoms with Gasteiger partial charge in [0.15, 0.2) is 5.76 Å². The number of amides is 2. The second-order valence-corrected chi connectivity index (χ2v) is 6.58. The number of hydrogen-bond donors (Lipinski definition) is 2. The molecule has 0 radical (unpaired) electrons. The largest absolute Gasteiger partial charge is 0.451 e. The topological polar surface area (TPSA) is 80.6 Å². The van der Waals surface area contributed by atoms with Crippen molar-refractivity contribution in [3.05, 3.63) is 65.4 Å². The van der Waals surface area contributed by atoms with Gasteiger partial charge in [0.05, 0.1) is 6.61 Å². The van der Waals surface area contributed by atoms with Gasteiger partial charge in [-0.05, 0) is 48.4 Å². The van der Waals surface area contributed by atoms with E-state index in [1.165, 1.54) is 5.56 Å². The molecule has 0 bridgehead atoms. The SMILES string of the molecule is CNC(=O)c1cc2cc(NC(=O)c3ccc(C4CCOC4)cc3)ccc2o1. The molecule has 6 nitrogen and oxygen atoms in total. The van der Waals surface area contributed by atoms with Crippen molar-refractivity contribution < 1.29 is 18.7 Å². The first-order chi connectivity index (χ1) is 13.1. The van der Waals surface area contributed by atoms with Crippen molar-refractivity contribution in [1.82, 2.24) is 5.32 Å². The van der Waals surface area contributed by atoms with Gasteiger partial charge < -0.3 is 19.8 Å². The number of hydrogen-bond acceptors (Lipinski definition) is 4. The zero-order valence-electron chi connectivity index (χ0n) is 15.0. The summed E-state index contributed by atoms with van der Waals surface area (Å²) in [6.07, 6.45) is 1.02. The molecular formula is C21H20N2O4. The van der Waals surface area contributed by atoms with Crippen molar-refractivity contribution in [1.29, 1.82) is 0 Å². The van der Waals surface area contributed by atoms with Crippen LogP contribution < -0.4 is 10.6 Å². The van der Waals surface area contributed by atoms with E-state index in [-0.39, 0.29) is 17.6 Å². The molecule has 1 saturated heterocycles. The predicted octanol–water partition coefficient (Wildman–Crippen LogP) is 3.55. The molecule has 2 aromatic carbocycles. The van der Waals surface area contributed by atoms with E-state index in [1.807, 2.05) is 24.3 Å². The van der Waals surface area contributed by atoms with E-state index in [9.17, 15) is 9.59 Å². The summed E-state index contributed by atoms with van der Waals surface area (Å²) in [6, 6.07) is 14.6. The first-order valence-electron chi connectivity index (χ1n) is 8.89. The van der Waals surface area contributed by atoms with Crippen LogP contribution in [-0.4, -0.2) is 32.1 Å². The molecule has 1 atom stereocenters. The van der Waals surface area contributed by atoms with E-state index in [2.05, 4.69) is 10.6 Å². The van der Waals surface area contributed by atoms with E-state index < -0.39 is 0 Å². The molecule has 0 spiro atoms. The Kier molecular flexibility index (Phi) is 4.64. The average Bonchev–Trinajstić information content (AvgIpc) is 3.37. The normalized spacial score (nSPS) is 16.4. The Bertz CT molecular complexity index is 985. The second-order valence-electron chi connectivity index (χ2n) is 6.58. The maximum absolute atomic E-state index is 12.5. The summed E-state index contributed by atoms with van der Waals surface area (Å²) in [5.41, 5.74) is 3.03. The fourth-order valence-electron chi connectivity index (χ4n) is 3.26. The van der Waals surface area contributed by atoms with Gasteiger partial charge >= 0.3 is 0 Å². The summed E-state index contributed by atoms with van der Waals surface area (Å²) < 4.78 is 10.9. The molecule has 6 heteroatoms. The number of carbonyl (C=O) groups is 2. The van der Waals surface area contributed by atoms with Crippen LogP contribution in [0.1, 0.15) is 38.8 Å². The van der Waals surface area contributed by atoms with Gasteiger partial charge in [-0.2, -0.15) is 0 Å². The van der Waals surface area contributed by atoms with E-state index >= 15 is 0 Å². The Morgan fingerprint density at radius 3 is 2.56 bits per heavy atom. The predicted molar refractivity (Wildman–Crippen MR) is 102 cm³/mol. The van der Waals surface area contributed by atoms with Gasteiger partial charge in [-0.1, -0.05) is 12.1 Å². The molecule has 1 aromatic heterocycles. The molecule has 1 aliphatic rings. The standard InChI is InChI=1S/C21H20N2O4/c1-22-21(25)19-11-16-10-17(6-7-18(16)27-19)23-20(24)14-4-2-13(3-5-14)15-8-9-26-12-15/h2-7,10-11,15H,8-9,12H2,1H3,(H,22,25)(H,23,24). The number of anilines is 1. The van der Waals surface area contributed by atoms with Crippen molar-refractivity contribution in [2.75, 3.05) is 25.6 Å². The minimum absolute atomic E-state index is 0.182. The number of benzene rings is 2. The molecule has 1 unspecified atom stereocenters. The van der Waals surface area contributed by atoms with Gasteiger partial charge in [0.1, 0.15) is 5.58 Å². The van der Waals surface area contributed by atoms with Crippen LogP contribution >= 0.6 is 0 Å². The van der Waals surface area contributed by atoms with Gasteiger partial charge in [0, 0.05) is 36.2 Å². The van der Waals surface area contributed by atoms with Crippen LogP contribution in [0.3, 0.4) is 0 Å². The Morgan fingerprint density at radius 2 is 1.85 bits per heavy atom. The van der Waals surface area contributed by atoms with Crippen molar-refractivity contribution in [3.8, 4) is 0 Å². The fourth-order valence-corrected chi connectivity index (χ4v) is 3.26. The maximum atomic E-state index is 12.5.